The molecule has 1 aromatic carbocycles. The highest BCUT2D eigenvalue weighted by Gasteiger charge is 2.47. The van der Waals surface area contributed by atoms with Crippen LogP contribution in [0.1, 0.15) is 83.3 Å². The fraction of sp³-hybridized carbons (Fsp3) is 0.739. The van der Waals surface area contributed by atoms with Crippen LogP contribution in [0.2, 0.25) is 0 Å². The largest absolute Gasteiger partial charge is 0.491 e. The van der Waals surface area contributed by atoms with Crippen LogP contribution in [0.5, 0.6) is 11.5 Å². The van der Waals surface area contributed by atoms with Gasteiger partial charge in [0.25, 0.3) is 0 Å². The van der Waals surface area contributed by atoms with Crippen molar-refractivity contribution in [3.63, 3.8) is 0 Å². The van der Waals surface area contributed by atoms with Gasteiger partial charge in [-0.25, -0.2) is 0 Å². The topological polar surface area (TPSA) is 38.7 Å². The van der Waals surface area contributed by atoms with Crippen molar-refractivity contribution in [3.8, 4) is 11.5 Å². The Balaban J connectivity index is 1.99. The van der Waals surface area contributed by atoms with Gasteiger partial charge in [-0.1, -0.05) is 33.1 Å². The number of rotatable bonds is 7. The number of ether oxygens (including phenoxy) is 2. The third kappa shape index (κ3) is 4.03. The molecule has 0 bridgehead atoms. The third-order valence-electron chi connectivity index (χ3n) is 6.33. The molecule has 1 fully saturated rings. The van der Waals surface area contributed by atoms with Crippen molar-refractivity contribution in [1.82, 2.24) is 0 Å². The van der Waals surface area contributed by atoms with Crippen LogP contribution in [0.3, 0.4) is 0 Å². The molecule has 1 aliphatic carbocycles. The predicted octanol–water partition coefficient (Wildman–Crippen LogP) is 5.48. The van der Waals surface area contributed by atoms with Gasteiger partial charge >= 0.3 is 0 Å². The van der Waals surface area contributed by atoms with Crippen LogP contribution in [0.15, 0.2) is 12.1 Å². The fourth-order valence-electron chi connectivity index (χ4n) is 4.99. The molecule has 0 unspecified atom stereocenters. The summed E-state index contributed by atoms with van der Waals surface area (Å²) in [5, 5.41) is 9.28. The van der Waals surface area contributed by atoms with Crippen molar-refractivity contribution in [1.29, 1.82) is 0 Å². The maximum Gasteiger partial charge on any atom is 0.127 e. The molecule has 1 N–H and O–H groups in total. The first kappa shape index (κ1) is 19.5. The Labute approximate surface area is 159 Å². The molecule has 0 radical (unpaired) electrons. The van der Waals surface area contributed by atoms with Crippen molar-refractivity contribution in [2.45, 2.75) is 84.2 Å². The van der Waals surface area contributed by atoms with E-state index in [0.717, 1.165) is 23.8 Å². The number of hydrogen-bond acceptors (Lipinski definition) is 3. The molecule has 3 rings (SSSR count). The third-order valence-corrected chi connectivity index (χ3v) is 6.33. The highest BCUT2D eigenvalue weighted by Crippen LogP contribution is 2.55. The van der Waals surface area contributed by atoms with Crippen LogP contribution in [-0.2, 0) is 6.42 Å². The second-order valence-corrected chi connectivity index (χ2v) is 8.87. The Kier molecular flexibility index (Phi) is 6.17. The lowest BCUT2D eigenvalue weighted by Gasteiger charge is -2.49. The minimum Gasteiger partial charge on any atom is -0.491 e. The molecule has 0 spiro atoms. The van der Waals surface area contributed by atoms with E-state index < -0.39 is 0 Å². The average molecular weight is 361 g/mol. The van der Waals surface area contributed by atoms with E-state index in [4.69, 9.17) is 9.47 Å². The Morgan fingerprint density at radius 1 is 1.23 bits per heavy atom. The second kappa shape index (κ2) is 8.21. The second-order valence-electron chi connectivity index (χ2n) is 8.87. The summed E-state index contributed by atoms with van der Waals surface area (Å²) in [5.74, 6) is 3.74. The van der Waals surface area contributed by atoms with Crippen molar-refractivity contribution in [2.24, 2.45) is 11.8 Å². The van der Waals surface area contributed by atoms with Gasteiger partial charge in [-0.2, -0.15) is 0 Å². The molecule has 146 valence electrons. The van der Waals surface area contributed by atoms with Crippen molar-refractivity contribution in [2.75, 3.05) is 13.2 Å². The van der Waals surface area contributed by atoms with Gasteiger partial charge in [0.15, 0.2) is 0 Å². The standard InChI is InChI=1S/C23H36O3/c1-5-6-7-8-17-14-20(25-12-11-24)22-18-13-16(2)9-10-19(18)23(3,4)26-21(22)15-17/h14-16,18-19,24H,5-13H2,1-4H3/t16-,18+,19+/m0/s1. The molecule has 1 aliphatic heterocycles. The first-order chi connectivity index (χ1) is 12.5. The molecule has 2 aliphatic rings. The van der Waals surface area contributed by atoms with Gasteiger partial charge in [0.05, 0.1) is 6.61 Å². The van der Waals surface area contributed by atoms with Crippen LogP contribution >= 0.6 is 0 Å². The molecule has 3 heteroatoms. The van der Waals surface area contributed by atoms with Gasteiger partial charge in [-0.3, -0.25) is 0 Å². The smallest absolute Gasteiger partial charge is 0.127 e. The Hall–Kier alpha value is -1.22. The fourth-order valence-corrected chi connectivity index (χ4v) is 4.99. The van der Waals surface area contributed by atoms with Crippen molar-refractivity contribution < 1.29 is 14.6 Å². The molecular formula is C23H36O3. The molecular weight excluding hydrogens is 324 g/mol. The maximum absolute atomic E-state index is 9.28. The maximum atomic E-state index is 9.28. The van der Waals surface area contributed by atoms with Gasteiger partial charge < -0.3 is 14.6 Å². The molecule has 0 amide bonds. The van der Waals surface area contributed by atoms with Gasteiger partial charge in [0.2, 0.25) is 0 Å². The highest BCUT2D eigenvalue weighted by atomic mass is 16.5. The van der Waals surface area contributed by atoms with Crippen LogP contribution in [0.25, 0.3) is 0 Å². The van der Waals surface area contributed by atoms with E-state index in [1.807, 2.05) is 0 Å². The van der Waals surface area contributed by atoms with Crippen molar-refractivity contribution in [3.05, 3.63) is 23.3 Å². The summed E-state index contributed by atoms with van der Waals surface area (Å²) in [6, 6.07) is 4.47. The normalized spacial score (nSPS) is 26.6. The summed E-state index contributed by atoms with van der Waals surface area (Å²) in [6.45, 7) is 9.50. The zero-order chi connectivity index (χ0) is 18.7. The summed E-state index contributed by atoms with van der Waals surface area (Å²) < 4.78 is 12.6. The number of fused-ring (bicyclic) bond motifs is 3. The molecule has 3 atom stereocenters. The SMILES string of the molecule is CCCCCc1cc(OCCO)c2c(c1)OC(C)(C)[C@@H]1CC[C@H](C)C[C@@H]21. The summed E-state index contributed by atoms with van der Waals surface area (Å²) in [7, 11) is 0. The van der Waals surface area contributed by atoms with Gasteiger partial charge in [-0.15, -0.1) is 0 Å². The van der Waals surface area contributed by atoms with Crippen LogP contribution in [0.4, 0.5) is 0 Å². The number of hydrogen-bond donors (Lipinski definition) is 1. The van der Waals surface area contributed by atoms with Crippen LogP contribution < -0.4 is 9.47 Å². The van der Waals surface area contributed by atoms with Gasteiger partial charge in [0, 0.05) is 11.5 Å². The first-order valence-corrected chi connectivity index (χ1v) is 10.6. The van der Waals surface area contributed by atoms with E-state index in [-0.39, 0.29) is 12.2 Å². The molecule has 1 aromatic rings. The lowest BCUT2D eigenvalue weighted by Crippen LogP contribution is -2.46. The number of aliphatic hydroxyl groups excluding tert-OH is 1. The summed E-state index contributed by atoms with van der Waals surface area (Å²) >= 11 is 0. The Morgan fingerprint density at radius 2 is 2.04 bits per heavy atom. The quantitative estimate of drug-likeness (QED) is 0.654. The van der Waals surface area contributed by atoms with Crippen LogP contribution in [0, 0.1) is 11.8 Å². The minimum atomic E-state index is -0.131. The van der Waals surface area contributed by atoms with E-state index in [9.17, 15) is 5.11 Å². The van der Waals surface area contributed by atoms with E-state index in [0.29, 0.717) is 18.4 Å². The number of aliphatic hydroxyl groups is 1. The first-order valence-electron chi connectivity index (χ1n) is 10.6. The number of aryl methyl sites for hydroxylation is 1. The number of benzene rings is 1. The van der Waals surface area contributed by atoms with E-state index >= 15 is 0 Å². The highest BCUT2D eigenvalue weighted by molar-refractivity contribution is 5.52. The monoisotopic (exact) mass is 360 g/mol. The summed E-state index contributed by atoms with van der Waals surface area (Å²) in [4.78, 5) is 0. The molecule has 26 heavy (non-hydrogen) atoms. The molecule has 3 nitrogen and oxygen atoms in total. The van der Waals surface area contributed by atoms with E-state index in [2.05, 4.69) is 39.8 Å². The van der Waals surface area contributed by atoms with E-state index in [1.54, 1.807) is 0 Å². The zero-order valence-corrected chi connectivity index (χ0v) is 17.0. The lowest BCUT2D eigenvalue weighted by molar-refractivity contribution is -0.0149. The zero-order valence-electron chi connectivity index (χ0n) is 17.0. The van der Waals surface area contributed by atoms with Gasteiger partial charge in [0.1, 0.15) is 23.7 Å². The minimum absolute atomic E-state index is 0.0473. The van der Waals surface area contributed by atoms with Crippen LogP contribution in [-0.4, -0.2) is 23.9 Å². The number of unbranched alkanes of at least 4 members (excludes halogenated alkanes) is 2. The van der Waals surface area contributed by atoms with Gasteiger partial charge in [-0.05, 0) is 69.1 Å². The summed E-state index contributed by atoms with van der Waals surface area (Å²) in [5.41, 5.74) is 2.42. The lowest BCUT2D eigenvalue weighted by atomic mass is 9.64. The average Bonchev–Trinajstić information content (AvgIpc) is 2.58. The Bertz CT molecular complexity index is 608. The van der Waals surface area contributed by atoms with Crippen molar-refractivity contribution >= 4 is 0 Å². The molecule has 1 heterocycles. The molecule has 0 aromatic heterocycles. The molecule has 0 saturated heterocycles. The van der Waals surface area contributed by atoms with E-state index in [1.165, 1.54) is 49.7 Å². The summed E-state index contributed by atoms with van der Waals surface area (Å²) in [6.07, 6.45) is 8.44. The molecule has 1 saturated carbocycles. The predicted molar refractivity (Wildman–Crippen MR) is 106 cm³/mol. The Morgan fingerprint density at radius 3 is 2.77 bits per heavy atom.